The number of nitriles is 1. The quantitative estimate of drug-likeness (QED) is 0.164. The number of alkyl halides is 6. The first kappa shape index (κ1) is 36.8. The van der Waals surface area contributed by atoms with Gasteiger partial charge in [0.25, 0.3) is 0 Å². The van der Waals surface area contributed by atoms with Gasteiger partial charge in [0.1, 0.15) is 0 Å². The molecule has 0 aliphatic heterocycles. The Hall–Kier alpha value is -6.79. The topological polar surface area (TPSA) is 33.6 Å². The maximum absolute atomic E-state index is 14.7. The third kappa shape index (κ3) is 5.99. The first-order chi connectivity index (χ1) is 27.6. The molecule has 9 rings (SSSR count). The van der Waals surface area contributed by atoms with Crippen LogP contribution in [0, 0.1) is 39.0 Å². The van der Waals surface area contributed by atoms with E-state index in [4.69, 9.17) is 0 Å². The molecule has 9 aromatic rings. The summed E-state index contributed by atoms with van der Waals surface area (Å²) in [7, 11) is 0. The van der Waals surface area contributed by atoms with Gasteiger partial charge < -0.3 is 9.13 Å². The minimum Gasteiger partial charge on any atom is -0.309 e. The molecule has 0 spiro atoms. The number of benzene rings is 7. The van der Waals surface area contributed by atoms with Crippen LogP contribution in [0.1, 0.15) is 38.9 Å². The Bertz CT molecular complexity index is 3090. The van der Waals surface area contributed by atoms with Crippen molar-refractivity contribution in [1.29, 1.82) is 5.26 Å². The van der Waals surface area contributed by atoms with Crippen molar-refractivity contribution in [3.05, 3.63) is 166 Å². The molecule has 0 aliphatic rings. The molecule has 58 heavy (non-hydrogen) atoms. The SMILES string of the molecule is Cc1ccc2c(c1)c1cc(C)ccc1n2-c1ccc(C#N)c(-c2cc(-c3ccc(C(F)(F)F)cc3C(F)(F)F)ccc2-n2c3ccc(C)cc3c3cc(C)ccc32)c1. The number of fused-ring (bicyclic) bond motifs is 6. The summed E-state index contributed by atoms with van der Waals surface area (Å²) in [5.74, 6) is 0. The molecular weight excluding hydrogens is 745 g/mol. The Morgan fingerprint density at radius 1 is 0.448 bits per heavy atom. The van der Waals surface area contributed by atoms with Crippen LogP contribution in [-0.2, 0) is 12.4 Å². The average molecular weight is 778 g/mol. The molecule has 0 amide bonds. The highest BCUT2D eigenvalue weighted by molar-refractivity contribution is 6.11. The first-order valence-electron chi connectivity index (χ1n) is 18.6. The van der Waals surface area contributed by atoms with E-state index < -0.39 is 29.0 Å². The zero-order valence-electron chi connectivity index (χ0n) is 31.7. The Balaban J connectivity index is 1.39. The number of hydrogen-bond acceptors (Lipinski definition) is 1. The highest BCUT2D eigenvalue weighted by Crippen LogP contribution is 2.45. The zero-order valence-corrected chi connectivity index (χ0v) is 31.7. The fourth-order valence-corrected chi connectivity index (χ4v) is 8.35. The van der Waals surface area contributed by atoms with Crippen molar-refractivity contribution in [1.82, 2.24) is 9.13 Å². The highest BCUT2D eigenvalue weighted by Gasteiger charge is 2.38. The fourth-order valence-electron chi connectivity index (χ4n) is 8.35. The van der Waals surface area contributed by atoms with Crippen LogP contribution in [0.2, 0.25) is 0 Å². The summed E-state index contributed by atoms with van der Waals surface area (Å²) in [4.78, 5) is 0. The molecular formula is C49H33F6N3. The molecule has 0 N–H and O–H groups in total. The lowest BCUT2D eigenvalue weighted by Gasteiger charge is -2.20. The Morgan fingerprint density at radius 2 is 0.948 bits per heavy atom. The van der Waals surface area contributed by atoms with Gasteiger partial charge in [-0.1, -0.05) is 58.7 Å². The summed E-state index contributed by atoms with van der Waals surface area (Å²) >= 11 is 0. The number of halogens is 6. The predicted octanol–water partition coefficient (Wildman–Crippen LogP) is 14.4. The van der Waals surface area contributed by atoms with Crippen molar-refractivity contribution in [2.75, 3.05) is 0 Å². The van der Waals surface area contributed by atoms with Crippen LogP contribution in [0.3, 0.4) is 0 Å². The van der Waals surface area contributed by atoms with E-state index >= 15 is 0 Å². The highest BCUT2D eigenvalue weighted by atomic mass is 19.4. The first-order valence-corrected chi connectivity index (χ1v) is 18.6. The molecule has 0 saturated carbocycles. The van der Waals surface area contributed by atoms with Crippen molar-refractivity contribution in [3.63, 3.8) is 0 Å². The summed E-state index contributed by atoms with van der Waals surface area (Å²) in [6.07, 6.45) is -10.1. The molecule has 9 heteroatoms. The Labute approximate surface area is 329 Å². The smallest absolute Gasteiger partial charge is 0.309 e. The molecule has 3 nitrogen and oxygen atoms in total. The van der Waals surface area contributed by atoms with E-state index in [-0.39, 0.29) is 17.2 Å². The number of aromatic nitrogens is 2. The van der Waals surface area contributed by atoms with E-state index in [1.54, 1.807) is 18.2 Å². The molecule has 0 aliphatic carbocycles. The summed E-state index contributed by atoms with van der Waals surface area (Å²) in [6.45, 7) is 8.07. The van der Waals surface area contributed by atoms with Crippen LogP contribution in [0.15, 0.2) is 127 Å². The van der Waals surface area contributed by atoms with E-state index in [1.165, 1.54) is 6.07 Å². The van der Waals surface area contributed by atoms with Crippen LogP contribution in [0.4, 0.5) is 26.3 Å². The zero-order chi connectivity index (χ0) is 40.8. The van der Waals surface area contributed by atoms with Gasteiger partial charge in [-0.2, -0.15) is 31.6 Å². The van der Waals surface area contributed by atoms with Crippen molar-refractivity contribution in [2.24, 2.45) is 0 Å². The second kappa shape index (κ2) is 13.1. The Kier molecular flexibility index (Phi) is 8.34. The normalized spacial score (nSPS) is 12.3. The summed E-state index contributed by atoms with van der Waals surface area (Å²) in [6, 6.07) is 38.8. The number of nitrogens with zero attached hydrogens (tertiary/aromatic N) is 3. The maximum Gasteiger partial charge on any atom is 0.417 e. The lowest BCUT2D eigenvalue weighted by molar-refractivity contribution is -0.142. The molecule has 0 saturated heterocycles. The average Bonchev–Trinajstić information content (AvgIpc) is 3.67. The minimum atomic E-state index is -5.09. The van der Waals surface area contributed by atoms with E-state index in [2.05, 4.69) is 47.0 Å². The third-order valence-corrected chi connectivity index (χ3v) is 11.0. The van der Waals surface area contributed by atoms with Gasteiger partial charge in [-0.15, -0.1) is 0 Å². The van der Waals surface area contributed by atoms with E-state index in [0.717, 1.165) is 77.6 Å². The molecule has 7 aromatic carbocycles. The number of rotatable bonds is 4. The Morgan fingerprint density at radius 3 is 1.41 bits per heavy atom. The van der Waals surface area contributed by atoms with E-state index in [9.17, 15) is 31.6 Å². The molecule has 0 atom stereocenters. The summed E-state index contributed by atoms with van der Waals surface area (Å²) < 4.78 is 89.4. The standard InChI is InChI=1S/C49H33F6N3/c1-27-5-14-43-37(19-27)38-20-28(2)6-15-44(38)57(43)34-12-9-32(26-56)36(25-34)41-23-31(35-13-11-33(48(50,51)52)24-42(35)49(53,54)55)10-18-47(41)58-45-16-7-29(3)21-39(45)40-22-30(4)8-17-46(40)58/h5-25H,1-4H3. The van der Waals surface area contributed by atoms with Crippen molar-refractivity contribution < 1.29 is 26.3 Å². The summed E-state index contributed by atoms with van der Waals surface area (Å²) in [5.41, 5.74) is 7.09. The third-order valence-electron chi connectivity index (χ3n) is 11.0. The molecule has 2 heterocycles. The predicted molar refractivity (Wildman–Crippen MR) is 220 cm³/mol. The van der Waals surface area contributed by atoms with Crippen LogP contribution in [-0.4, -0.2) is 9.13 Å². The van der Waals surface area contributed by atoms with E-state index in [0.29, 0.717) is 22.9 Å². The van der Waals surface area contributed by atoms with Gasteiger partial charge in [0.15, 0.2) is 0 Å². The summed E-state index contributed by atoms with van der Waals surface area (Å²) in [5, 5.41) is 14.7. The van der Waals surface area contributed by atoms with Gasteiger partial charge in [-0.3, -0.25) is 0 Å². The largest absolute Gasteiger partial charge is 0.417 e. The molecule has 0 radical (unpaired) electrons. The lowest BCUT2D eigenvalue weighted by atomic mass is 9.91. The number of hydrogen-bond donors (Lipinski definition) is 0. The van der Waals surface area contributed by atoms with Crippen molar-refractivity contribution in [3.8, 4) is 39.7 Å². The van der Waals surface area contributed by atoms with Crippen LogP contribution < -0.4 is 0 Å². The van der Waals surface area contributed by atoms with Crippen LogP contribution >= 0.6 is 0 Å². The second-order valence-corrected chi connectivity index (χ2v) is 15.1. The van der Waals surface area contributed by atoms with Gasteiger partial charge in [0.2, 0.25) is 0 Å². The van der Waals surface area contributed by atoms with Crippen molar-refractivity contribution >= 4 is 43.6 Å². The molecule has 286 valence electrons. The molecule has 2 aromatic heterocycles. The fraction of sp³-hybridized carbons (Fsp3) is 0.122. The van der Waals surface area contributed by atoms with E-state index in [1.807, 2.05) is 80.8 Å². The lowest BCUT2D eigenvalue weighted by Crippen LogP contribution is -2.12. The maximum atomic E-state index is 14.7. The van der Waals surface area contributed by atoms with Crippen LogP contribution in [0.25, 0.3) is 77.2 Å². The van der Waals surface area contributed by atoms with Gasteiger partial charge in [0, 0.05) is 38.4 Å². The van der Waals surface area contributed by atoms with Crippen molar-refractivity contribution in [2.45, 2.75) is 40.0 Å². The minimum absolute atomic E-state index is 0.0457. The second-order valence-electron chi connectivity index (χ2n) is 15.1. The molecule has 0 fully saturated rings. The van der Waals surface area contributed by atoms with Gasteiger partial charge in [-0.05, 0) is 130 Å². The molecule has 0 unspecified atom stereocenters. The molecule has 0 bridgehead atoms. The van der Waals surface area contributed by atoms with Crippen LogP contribution in [0.5, 0.6) is 0 Å². The number of aryl methyl sites for hydroxylation is 4. The monoisotopic (exact) mass is 777 g/mol. The van der Waals surface area contributed by atoms with Gasteiger partial charge in [0.05, 0.1) is 50.5 Å². The van der Waals surface area contributed by atoms with Gasteiger partial charge in [-0.25, -0.2) is 0 Å². The van der Waals surface area contributed by atoms with Gasteiger partial charge >= 0.3 is 12.4 Å².